The number of rotatable bonds is 15. The second kappa shape index (κ2) is 13.4. The second-order valence-corrected chi connectivity index (χ2v) is 7.63. The first-order valence-corrected chi connectivity index (χ1v) is 9.91. The highest BCUT2D eigenvalue weighted by Crippen LogP contribution is 2.25. The van der Waals surface area contributed by atoms with Gasteiger partial charge in [-0.1, -0.05) is 79.1 Å². The molecule has 0 saturated carbocycles. The zero-order valence-corrected chi connectivity index (χ0v) is 16.5. The van der Waals surface area contributed by atoms with Crippen molar-refractivity contribution < 1.29 is 9.59 Å². The van der Waals surface area contributed by atoms with Crippen LogP contribution in [-0.2, 0) is 9.59 Å². The lowest BCUT2D eigenvalue weighted by atomic mass is 9.80. The van der Waals surface area contributed by atoms with E-state index in [2.05, 4.69) is 19.2 Å². The van der Waals surface area contributed by atoms with Crippen LogP contribution < -0.4 is 11.1 Å². The van der Waals surface area contributed by atoms with Crippen molar-refractivity contribution in [2.45, 2.75) is 104 Å². The lowest BCUT2D eigenvalue weighted by molar-refractivity contribution is -0.129. The first kappa shape index (κ1) is 23.1. The normalized spacial score (nSPS) is 12.9. The molecule has 0 saturated heterocycles. The molecule has 0 bridgehead atoms. The van der Waals surface area contributed by atoms with Gasteiger partial charge in [0.1, 0.15) is 0 Å². The Morgan fingerprint density at radius 2 is 1.46 bits per heavy atom. The van der Waals surface area contributed by atoms with Crippen molar-refractivity contribution >= 4 is 11.7 Å². The van der Waals surface area contributed by atoms with Gasteiger partial charge in [0.25, 0.3) is 0 Å². The van der Waals surface area contributed by atoms with E-state index in [9.17, 15) is 9.59 Å². The lowest BCUT2D eigenvalue weighted by Gasteiger charge is -2.26. The van der Waals surface area contributed by atoms with E-state index in [4.69, 9.17) is 5.73 Å². The molecule has 0 heterocycles. The molecule has 1 atom stereocenters. The van der Waals surface area contributed by atoms with Crippen LogP contribution in [0.4, 0.5) is 0 Å². The smallest absolute Gasteiger partial charge is 0.220 e. The number of nitrogens with two attached hydrogens (primary N) is 1. The Bertz CT molecular complexity index is 354. The fourth-order valence-corrected chi connectivity index (χ4v) is 2.89. The van der Waals surface area contributed by atoms with E-state index in [1.165, 1.54) is 32.1 Å². The van der Waals surface area contributed by atoms with E-state index in [1.54, 1.807) is 0 Å². The van der Waals surface area contributed by atoms with E-state index in [0.717, 1.165) is 32.1 Å². The summed E-state index contributed by atoms with van der Waals surface area (Å²) in [7, 11) is 0. The van der Waals surface area contributed by atoms with Gasteiger partial charge in [-0.2, -0.15) is 0 Å². The number of amides is 1. The number of carbonyl (C=O) groups is 2. The van der Waals surface area contributed by atoms with Crippen LogP contribution in [0.3, 0.4) is 0 Å². The SMILES string of the molecule is CCCCCCCCCC(=O)NC[C@H](N)C(=O)C(C)(C)CCCC. The Morgan fingerprint density at radius 3 is 2.04 bits per heavy atom. The Hall–Kier alpha value is -0.900. The number of carbonyl (C=O) groups excluding carboxylic acids is 2. The van der Waals surface area contributed by atoms with Gasteiger partial charge in [-0.15, -0.1) is 0 Å². The molecule has 3 N–H and O–H groups in total. The summed E-state index contributed by atoms with van der Waals surface area (Å²) in [5.41, 5.74) is 5.58. The first-order chi connectivity index (χ1) is 11.3. The largest absolute Gasteiger partial charge is 0.354 e. The molecule has 0 aliphatic heterocycles. The van der Waals surface area contributed by atoms with Crippen molar-refractivity contribution in [2.75, 3.05) is 6.54 Å². The average Bonchev–Trinajstić information content (AvgIpc) is 2.56. The van der Waals surface area contributed by atoms with Gasteiger partial charge in [0.15, 0.2) is 5.78 Å². The van der Waals surface area contributed by atoms with Gasteiger partial charge in [-0.3, -0.25) is 9.59 Å². The molecular formula is C20H40N2O2. The summed E-state index contributed by atoms with van der Waals surface area (Å²) in [5.74, 6) is 0.0605. The summed E-state index contributed by atoms with van der Waals surface area (Å²) in [6.45, 7) is 8.48. The van der Waals surface area contributed by atoms with Crippen LogP contribution in [-0.4, -0.2) is 24.3 Å². The highest BCUT2D eigenvalue weighted by molar-refractivity contribution is 5.89. The third kappa shape index (κ3) is 10.8. The van der Waals surface area contributed by atoms with Crippen molar-refractivity contribution in [3.05, 3.63) is 0 Å². The molecule has 0 aromatic heterocycles. The Morgan fingerprint density at radius 1 is 0.917 bits per heavy atom. The van der Waals surface area contributed by atoms with Crippen molar-refractivity contribution in [1.29, 1.82) is 0 Å². The number of unbranched alkanes of at least 4 members (excludes halogenated alkanes) is 7. The van der Waals surface area contributed by atoms with Crippen LogP contribution in [0.25, 0.3) is 0 Å². The summed E-state index contributed by atoms with van der Waals surface area (Å²) >= 11 is 0. The molecule has 0 fully saturated rings. The monoisotopic (exact) mass is 340 g/mol. The van der Waals surface area contributed by atoms with Crippen LogP contribution in [0.5, 0.6) is 0 Å². The van der Waals surface area contributed by atoms with Crippen LogP contribution in [0, 0.1) is 5.41 Å². The number of nitrogens with one attached hydrogen (secondary N) is 1. The van der Waals surface area contributed by atoms with E-state index >= 15 is 0 Å². The predicted molar refractivity (Wildman–Crippen MR) is 102 cm³/mol. The van der Waals surface area contributed by atoms with Gasteiger partial charge in [0.2, 0.25) is 5.91 Å². The molecule has 0 aromatic carbocycles. The van der Waals surface area contributed by atoms with Crippen molar-refractivity contribution in [3.8, 4) is 0 Å². The zero-order valence-electron chi connectivity index (χ0n) is 16.5. The van der Waals surface area contributed by atoms with Gasteiger partial charge in [-0.25, -0.2) is 0 Å². The maximum Gasteiger partial charge on any atom is 0.220 e. The Labute approximate surface area is 149 Å². The number of hydrogen-bond acceptors (Lipinski definition) is 3. The number of hydrogen-bond donors (Lipinski definition) is 2. The maximum atomic E-state index is 12.4. The molecule has 0 spiro atoms. The zero-order chi connectivity index (χ0) is 18.4. The third-order valence-electron chi connectivity index (χ3n) is 4.69. The topological polar surface area (TPSA) is 72.2 Å². The minimum atomic E-state index is -0.602. The van der Waals surface area contributed by atoms with E-state index in [-0.39, 0.29) is 18.2 Å². The summed E-state index contributed by atoms with van der Waals surface area (Å²) in [4.78, 5) is 24.2. The van der Waals surface area contributed by atoms with Gasteiger partial charge < -0.3 is 11.1 Å². The second-order valence-electron chi connectivity index (χ2n) is 7.63. The molecule has 142 valence electrons. The minimum Gasteiger partial charge on any atom is -0.354 e. The fourth-order valence-electron chi connectivity index (χ4n) is 2.89. The molecule has 0 aromatic rings. The molecule has 0 aliphatic rings. The number of ketones is 1. The van der Waals surface area contributed by atoms with Crippen LogP contribution in [0.15, 0.2) is 0 Å². The Kier molecular flexibility index (Phi) is 12.9. The van der Waals surface area contributed by atoms with Crippen molar-refractivity contribution in [1.82, 2.24) is 5.32 Å². The molecule has 24 heavy (non-hydrogen) atoms. The van der Waals surface area contributed by atoms with Gasteiger partial charge in [-0.05, 0) is 12.8 Å². The van der Waals surface area contributed by atoms with Crippen molar-refractivity contribution in [2.24, 2.45) is 11.1 Å². The van der Waals surface area contributed by atoms with E-state index in [1.807, 2.05) is 13.8 Å². The molecular weight excluding hydrogens is 300 g/mol. The highest BCUT2D eigenvalue weighted by Gasteiger charge is 2.31. The lowest BCUT2D eigenvalue weighted by Crippen LogP contribution is -2.47. The summed E-state index contributed by atoms with van der Waals surface area (Å²) < 4.78 is 0. The first-order valence-electron chi connectivity index (χ1n) is 9.91. The van der Waals surface area contributed by atoms with Gasteiger partial charge >= 0.3 is 0 Å². The third-order valence-corrected chi connectivity index (χ3v) is 4.69. The molecule has 4 nitrogen and oxygen atoms in total. The average molecular weight is 341 g/mol. The summed E-state index contributed by atoms with van der Waals surface area (Å²) in [5, 5.41) is 2.82. The molecule has 4 heteroatoms. The highest BCUT2D eigenvalue weighted by atomic mass is 16.2. The summed E-state index contributed by atoms with van der Waals surface area (Å²) in [6, 6.07) is -0.602. The van der Waals surface area contributed by atoms with Crippen LogP contribution in [0.1, 0.15) is 98.3 Å². The van der Waals surface area contributed by atoms with E-state index < -0.39 is 11.5 Å². The van der Waals surface area contributed by atoms with E-state index in [0.29, 0.717) is 6.42 Å². The molecule has 1 amide bonds. The fraction of sp³-hybridized carbons (Fsp3) is 0.900. The maximum absolute atomic E-state index is 12.4. The quantitative estimate of drug-likeness (QED) is 0.435. The van der Waals surface area contributed by atoms with Gasteiger partial charge in [0, 0.05) is 18.4 Å². The molecule has 0 aliphatic carbocycles. The molecule has 0 rings (SSSR count). The van der Waals surface area contributed by atoms with Crippen LogP contribution in [0.2, 0.25) is 0 Å². The predicted octanol–water partition coefficient (Wildman–Crippen LogP) is 4.36. The van der Waals surface area contributed by atoms with Gasteiger partial charge in [0.05, 0.1) is 6.04 Å². The molecule has 0 unspecified atom stereocenters. The van der Waals surface area contributed by atoms with Crippen molar-refractivity contribution in [3.63, 3.8) is 0 Å². The Balaban J connectivity index is 3.86. The molecule has 0 radical (unpaired) electrons. The standard InChI is InChI=1S/C20H40N2O2/c1-5-7-9-10-11-12-13-14-18(23)22-16-17(21)19(24)20(3,4)15-8-6-2/h17H,5-16,21H2,1-4H3,(H,22,23)/t17-/m0/s1. The van der Waals surface area contributed by atoms with Crippen LogP contribution >= 0.6 is 0 Å². The minimum absolute atomic E-state index is 0.0122. The summed E-state index contributed by atoms with van der Waals surface area (Å²) in [6.07, 6.45) is 11.8. The number of Topliss-reactive ketones (excluding diaryl/α,β-unsaturated/α-hetero) is 1.